The second-order valence-electron chi connectivity index (χ2n) is 6.41. The molecule has 3 aromatic rings. The minimum Gasteiger partial charge on any atom is -0.463 e. The molecule has 1 amide bonds. The van der Waals surface area contributed by atoms with Crippen LogP contribution >= 0.6 is 0 Å². The molecule has 1 aliphatic rings. The van der Waals surface area contributed by atoms with Crippen molar-refractivity contribution in [2.45, 2.75) is 19.8 Å². The Labute approximate surface area is 150 Å². The van der Waals surface area contributed by atoms with Gasteiger partial charge in [-0.05, 0) is 31.9 Å². The van der Waals surface area contributed by atoms with Crippen molar-refractivity contribution in [1.82, 2.24) is 15.1 Å². The third-order valence-corrected chi connectivity index (χ3v) is 4.60. The number of aryl methyl sites for hydroxylation is 1. The SMILES string of the molecule is Cc1cc(-c2cnc(N3CCC(C(N)=O)CC3)nc2-c2ccco2)on1. The van der Waals surface area contributed by atoms with Crippen molar-refractivity contribution in [1.29, 1.82) is 0 Å². The van der Waals surface area contributed by atoms with Crippen LogP contribution in [0.15, 0.2) is 39.6 Å². The number of hydrogen-bond donors (Lipinski definition) is 1. The second kappa shape index (κ2) is 6.62. The molecule has 0 spiro atoms. The third-order valence-electron chi connectivity index (χ3n) is 4.60. The van der Waals surface area contributed by atoms with E-state index in [-0.39, 0.29) is 11.8 Å². The molecule has 1 saturated heterocycles. The number of hydrogen-bond acceptors (Lipinski definition) is 7. The minimum absolute atomic E-state index is 0.0766. The Balaban J connectivity index is 1.68. The predicted molar refractivity (Wildman–Crippen MR) is 94.1 cm³/mol. The van der Waals surface area contributed by atoms with Crippen LogP contribution in [0.2, 0.25) is 0 Å². The molecule has 8 heteroatoms. The van der Waals surface area contributed by atoms with E-state index in [0.29, 0.717) is 49.1 Å². The topological polar surface area (TPSA) is 111 Å². The maximum atomic E-state index is 11.4. The molecule has 26 heavy (non-hydrogen) atoms. The highest BCUT2D eigenvalue weighted by molar-refractivity contribution is 5.77. The van der Waals surface area contributed by atoms with Gasteiger partial charge < -0.3 is 19.6 Å². The Morgan fingerprint density at radius 3 is 2.73 bits per heavy atom. The van der Waals surface area contributed by atoms with Gasteiger partial charge in [-0.2, -0.15) is 0 Å². The van der Waals surface area contributed by atoms with Crippen molar-refractivity contribution in [3.63, 3.8) is 0 Å². The van der Waals surface area contributed by atoms with Crippen LogP contribution in [-0.2, 0) is 4.79 Å². The summed E-state index contributed by atoms with van der Waals surface area (Å²) < 4.78 is 10.9. The monoisotopic (exact) mass is 353 g/mol. The van der Waals surface area contributed by atoms with E-state index in [1.165, 1.54) is 0 Å². The smallest absolute Gasteiger partial charge is 0.226 e. The highest BCUT2D eigenvalue weighted by Crippen LogP contribution is 2.32. The third kappa shape index (κ3) is 3.05. The zero-order valence-corrected chi connectivity index (χ0v) is 14.4. The van der Waals surface area contributed by atoms with Gasteiger partial charge in [0, 0.05) is 31.3 Å². The van der Waals surface area contributed by atoms with Gasteiger partial charge in [0.15, 0.2) is 11.5 Å². The van der Waals surface area contributed by atoms with E-state index in [1.807, 2.05) is 25.1 Å². The Morgan fingerprint density at radius 2 is 2.12 bits per heavy atom. The number of carbonyl (C=O) groups excluding carboxylic acids is 1. The fraction of sp³-hybridized carbons (Fsp3) is 0.333. The number of primary amides is 1. The maximum absolute atomic E-state index is 11.4. The van der Waals surface area contributed by atoms with E-state index in [4.69, 9.17) is 19.7 Å². The molecule has 134 valence electrons. The molecule has 2 N–H and O–H groups in total. The average molecular weight is 353 g/mol. The fourth-order valence-electron chi connectivity index (χ4n) is 3.16. The lowest BCUT2D eigenvalue weighted by molar-refractivity contribution is -0.122. The van der Waals surface area contributed by atoms with E-state index >= 15 is 0 Å². The van der Waals surface area contributed by atoms with Gasteiger partial charge in [0.1, 0.15) is 5.69 Å². The Bertz CT molecular complexity index is 911. The predicted octanol–water partition coefficient (Wildman–Crippen LogP) is 2.40. The summed E-state index contributed by atoms with van der Waals surface area (Å²) in [5.41, 5.74) is 7.55. The number of rotatable bonds is 4. The first-order chi connectivity index (χ1) is 12.6. The lowest BCUT2D eigenvalue weighted by Gasteiger charge is -2.30. The van der Waals surface area contributed by atoms with Crippen molar-refractivity contribution < 1.29 is 13.7 Å². The maximum Gasteiger partial charge on any atom is 0.226 e. The second-order valence-corrected chi connectivity index (χ2v) is 6.41. The van der Waals surface area contributed by atoms with E-state index in [1.54, 1.807) is 12.5 Å². The molecule has 8 nitrogen and oxygen atoms in total. The van der Waals surface area contributed by atoms with E-state index in [0.717, 1.165) is 11.3 Å². The van der Waals surface area contributed by atoms with Crippen LogP contribution in [0, 0.1) is 12.8 Å². The van der Waals surface area contributed by atoms with Crippen molar-refractivity contribution in [3.05, 3.63) is 36.4 Å². The van der Waals surface area contributed by atoms with Gasteiger partial charge in [-0.3, -0.25) is 4.79 Å². The molecule has 0 saturated carbocycles. The van der Waals surface area contributed by atoms with Gasteiger partial charge >= 0.3 is 0 Å². The summed E-state index contributed by atoms with van der Waals surface area (Å²) in [4.78, 5) is 22.6. The van der Waals surface area contributed by atoms with Gasteiger partial charge in [-0.25, -0.2) is 9.97 Å². The van der Waals surface area contributed by atoms with Crippen LogP contribution < -0.4 is 10.6 Å². The van der Waals surface area contributed by atoms with Gasteiger partial charge in [0.05, 0.1) is 17.5 Å². The molecule has 0 bridgehead atoms. The summed E-state index contributed by atoms with van der Waals surface area (Å²) in [5.74, 6) is 1.50. The largest absolute Gasteiger partial charge is 0.463 e. The number of nitrogens with two attached hydrogens (primary N) is 1. The average Bonchev–Trinajstić information content (AvgIpc) is 3.33. The molecule has 0 aromatic carbocycles. The lowest BCUT2D eigenvalue weighted by Crippen LogP contribution is -2.39. The molecule has 0 aliphatic carbocycles. The lowest BCUT2D eigenvalue weighted by atomic mass is 9.96. The van der Waals surface area contributed by atoms with E-state index in [9.17, 15) is 4.79 Å². The Hall–Kier alpha value is -3.16. The van der Waals surface area contributed by atoms with Crippen molar-refractivity contribution in [2.75, 3.05) is 18.0 Å². The molecule has 4 heterocycles. The van der Waals surface area contributed by atoms with Crippen LogP contribution in [-0.4, -0.2) is 34.1 Å². The fourth-order valence-corrected chi connectivity index (χ4v) is 3.16. The van der Waals surface area contributed by atoms with Gasteiger partial charge in [0.2, 0.25) is 11.9 Å². The zero-order valence-electron chi connectivity index (χ0n) is 14.4. The van der Waals surface area contributed by atoms with Crippen LogP contribution in [0.1, 0.15) is 18.5 Å². The quantitative estimate of drug-likeness (QED) is 0.766. The standard InChI is InChI=1S/C18H19N5O3/c1-11-9-15(26-22-11)13-10-20-18(21-16(13)14-3-2-8-25-14)23-6-4-12(5-7-23)17(19)24/h2-3,8-10,12H,4-7H2,1H3,(H2,19,24). The summed E-state index contributed by atoms with van der Waals surface area (Å²) in [7, 11) is 0. The molecule has 3 aromatic heterocycles. The van der Waals surface area contributed by atoms with Gasteiger partial charge in [-0.15, -0.1) is 0 Å². The molecule has 0 unspecified atom stereocenters. The highest BCUT2D eigenvalue weighted by atomic mass is 16.5. The van der Waals surface area contributed by atoms with E-state index in [2.05, 4.69) is 15.0 Å². The highest BCUT2D eigenvalue weighted by Gasteiger charge is 2.26. The number of piperidine rings is 1. The number of furan rings is 1. The Morgan fingerprint density at radius 1 is 1.31 bits per heavy atom. The molecule has 4 rings (SSSR count). The number of nitrogens with zero attached hydrogens (tertiary/aromatic N) is 4. The zero-order chi connectivity index (χ0) is 18.1. The molecule has 1 aliphatic heterocycles. The van der Waals surface area contributed by atoms with Crippen LogP contribution in [0.25, 0.3) is 22.8 Å². The first-order valence-electron chi connectivity index (χ1n) is 8.50. The van der Waals surface area contributed by atoms with E-state index < -0.39 is 0 Å². The van der Waals surface area contributed by atoms with Crippen molar-refractivity contribution in [2.24, 2.45) is 11.7 Å². The summed E-state index contributed by atoms with van der Waals surface area (Å²) in [5, 5.41) is 3.94. The number of carbonyl (C=O) groups is 1. The number of anilines is 1. The Kier molecular flexibility index (Phi) is 4.16. The molecule has 1 fully saturated rings. The summed E-state index contributed by atoms with van der Waals surface area (Å²) in [6.45, 7) is 3.23. The molecular weight excluding hydrogens is 334 g/mol. The minimum atomic E-state index is -0.238. The molecular formula is C18H19N5O3. The van der Waals surface area contributed by atoms with Crippen LogP contribution in [0.5, 0.6) is 0 Å². The summed E-state index contributed by atoms with van der Waals surface area (Å²) >= 11 is 0. The summed E-state index contributed by atoms with van der Waals surface area (Å²) in [6, 6.07) is 5.49. The van der Waals surface area contributed by atoms with Crippen LogP contribution in [0.4, 0.5) is 5.95 Å². The van der Waals surface area contributed by atoms with Crippen molar-refractivity contribution >= 4 is 11.9 Å². The normalized spacial score (nSPS) is 15.3. The summed E-state index contributed by atoms with van der Waals surface area (Å²) in [6.07, 6.45) is 4.74. The van der Waals surface area contributed by atoms with Crippen molar-refractivity contribution in [3.8, 4) is 22.8 Å². The number of aromatic nitrogens is 3. The van der Waals surface area contributed by atoms with Crippen LogP contribution in [0.3, 0.4) is 0 Å². The molecule has 0 atom stereocenters. The van der Waals surface area contributed by atoms with Gasteiger partial charge in [-0.1, -0.05) is 5.16 Å². The number of amides is 1. The first-order valence-corrected chi connectivity index (χ1v) is 8.50. The first kappa shape index (κ1) is 16.3. The molecule has 0 radical (unpaired) electrons. The van der Waals surface area contributed by atoms with Gasteiger partial charge in [0.25, 0.3) is 0 Å².